The maximum absolute atomic E-state index is 10.9. The first-order valence-electron chi connectivity index (χ1n) is 5.78. The van der Waals surface area contributed by atoms with Crippen LogP contribution in [0.15, 0.2) is 48.5 Å². The van der Waals surface area contributed by atoms with Crippen LogP contribution in [0.25, 0.3) is 0 Å². The molecule has 2 aromatic carbocycles. The van der Waals surface area contributed by atoms with Crippen molar-refractivity contribution in [2.45, 2.75) is 6.54 Å². The van der Waals surface area contributed by atoms with Crippen LogP contribution in [0.2, 0.25) is 0 Å². The van der Waals surface area contributed by atoms with Crippen molar-refractivity contribution in [3.8, 4) is 0 Å². The van der Waals surface area contributed by atoms with Crippen molar-refractivity contribution in [1.29, 1.82) is 0 Å². The molecule has 2 rings (SSSR count). The zero-order valence-electron chi connectivity index (χ0n) is 10.4. The van der Waals surface area contributed by atoms with Crippen LogP contribution in [0, 0.1) is 20.2 Å². The van der Waals surface area contributed by atoms with Crippen LogP contribution in [0.3, 0.4) is 0 Å². The molecule has 0 bridgehead atoms. The van der Waals surface area contributed by atoms with E-state index in [1.165, 1.54) is 18.2 Å². The Balaban J connectivity index is 2.15. The van der Waals surface area contributed by atoms with E-state index in [1.54, 1.807) is 30.3 Å². The van der Waals surface area contributed by atoms with Crippen LogP contribution in [-0.4, -0.2) is 9.85 Å². The van der Waals surface area contributed by atoms with Gasteiger partial charge in [0.15, 0.2) is 0 Å². The van der Waals surface area contributed by atoms with Crippen LogP contribution in [-0.2, 0) is 6.54 Å². The van der Waals surface area contributed by atoms with Crippen molar-refractivity contribution >= 4 is 17.1 Å². The first-order chi connectivity index (χ1) is 9.58. The Kier molecular flexibility index (Phi) is 3.90. The van der Waals surface area contributed by atoms with E-state index in [1.807, 2.05) is 0 Å². The highest BCUT2D eigenvalue weighted by molar-refractivity contribution is 5.61. The summed E-state index contributed by atoms with van der Waals surface area (Å²) in [6.45, 7) is 0.270. The molecule has 0 aromatic heterocycles. The predicted molar refractivity (Wildman–Crippen MR) is 73.5 cm³/mol. The van der Waals surface area contributed by atoms with E-state index in [-0.39, 0.29) is 17.9 Å². The van der Waals surface area contributed by atoms with Gasteiger partial charge in [-0.05, 0) is 11.6 Å². The van der Waals surface area contributed by atoms with Crippen molar-refractivity contribution < 1.29 is 9.85 Å². The van der Waals surface area contributed by atoms with Crippen LogP contribution in [0.5, 0.6) is 0 Å². The molecular weight excluding hydrogens is 262 g/mol. The lowest BCUT2D eigenvalue weighted by Crippen LogP contribution is -2.02. The van der Waals surface area contributed by atoms with Crippen LogP contribution >= 0.6 is 0 Å². The Bertz CT molecular complexity index is 658. The molecule has 7 heteroatoms. The number of hydrogen-bond acceptors (Lipinski definition) is 5. The Labute approximate surface area is 114 Å². The lowest BCUT2D eigenvalue weighted by Gasteiger charge is -2.06. The predicted octanol–water partition coefficient (Wildman–Crippen LogP) is 3.12. The molecule has 0 aliphatic carbocycles. The van der Waals surface area contributed by atoms with Gasteiger partial charge in [-0.15, -0.1) is 0 Å². The van der Waals surface area contributed by atoms with Crippen molar-refractivity contribution in [3.63, 3.8) is 0 Å². The lowest BCUT2D eigenvalue weighted by molar-refractivity contribution is -0.384. The normalized spacial score (nSPS) is 10.0. The molecule has 20 heavy (non-hydrogen) atoms. The number of nitrogens with one attached hydrogen (secondary N) is 1. The zero-order valence-corrected chi connectivity index (χ0v) is 10.4. The molecule has 1 N–H and O–H groups in total. The third kappa shape index (κ3) is 3.08. The van der Waals surface area contributed by atoms with E-state index in [0.29, 0.717) is 11.3 Å². The summed E-state index contributed by atoms with van der Waals surface area (Å²) in [6.07, 6.45) is 0. The molecule has 0 fully saturated rings. The molecule has 0 heterocycles. The largest absolute Gasteiger partial charge is 0.375 e. The molecule has 102 valence electrons. The van der Waals surface area contributed by atoms with Gasteiger partial charge in [0.25, 0.3) is 11.4 Å². The van der Waals surface area contributed by atoms with E-state index >= 15 is 0 Å². The number of nitrogens with zero attached hydrogens (tertiary/aromatic N) is 2. The van der Waals surface area contributed by atoms with Gasteiger partial charge in [0, 0.05) is 24.7 Å². The van der Waals surface area contributed by atoms with Crippen LogP contribution in [0.4, 0.5) is 17.1 Å². The van der Waals surface area contributed by atoms with Crippen LogP contribution in [0.1, 0.15) is 5.56 Å². The molecule has 0 atom stereocenters. The fourth-order valence-corrected chi connectivity index (χ4v) is 1.76. The first-order valence-corrected chi connectivity index (χ1v) is 5.78. The summed E-state index contributed by atoms with van der Waals surface area (Å²) in [5.41, 5.74) is 1.02. The van der Waals surface area contributed by atoms with Gasteiger partial charge >= 0.3 is 0 Å². The number of nitro benzene ring substituents is 2. The Morgan fingerprint density at radius 3 is 2.40 bits per heavy atom. The maximum atomic E-state index is 10.9. The fraction of sp³-hybridized carbons (Fsp3) is 0.0769. The van der Waals surface area contributed by atoms with E-state index in [9.17, 15) is 20.2 Å². The fourth-order valence-electron chi connectivity index (χ4n) is 1.76. The smallest absolute Gasteiger partial charge is 0.292 e. The number of non-ortho nitro benzene ring substituents is 1. The summed E-state index contributed by atoms with van der Waals surface area (Å²) < 4.78 is 0. The van der Waals surface area contributed by atoms with Gasteiger partial charge in [0.2, 0.25) is 0 Å². The number of para-hydroxylation sites is 2. The minimum absolute atomic E-state index is 0.00754. The first kappa shape index (κ1) is 13.5. The third-order valence-electron chi connectivity index (χ3n) is 2.71. The van der Waals surface area contributed by atoms with Crippen molar-refractivity contribution in [1.82, 2.24) is 0 Å². The minimum atomic E-state index is -0.478. The minimum Gasteiger partial charge on any atom is -0.375 e. The molecule has 0 amide bonds. The summed E-state index contributed by atoms with van der Waals surface area (Å²) in [5.74, 6) is 0. The second kappa shape index (κ2) is 5.79. The van der Waals surface area contributed by atoms with E-state index in [0.717, 1.165) is 0 Å². The molecule has 0 aliphatic rings. The van der Waals surface area contributed by atoms with Crippen molar-refractivity contribution in [2.24, 2.45) is 0 Å². The van der Waals surface area contributed by atoms with E-state index < -0.39 is 9.85 Å². The van der Waals surface area contributed by atoms with Crippen LogP contribution < -0.4 is 5.32 Å². The summed E-state index contributed by atoms with van der Waals surface area (Å²) in [4.78, 5) is 20.6. The molecule has 0 spiro atoms. The summed E-state index contributed by atoms with van der Waals surface area (Å²) in [7, 11) is 0. The number of nitro groups is 2. The molecule has 0 unspecified atom stereocenters. The molecule has 0 saturated carbocycles. The molecule has 2 aromatic rings. The molecule has 7 nitrogen and oxygen atoms in total. The average molecular weight is 273 g/mol. The molecule has 0 radical (unpaired) electrons. The average Bonchev–Trinajstić information content (AvgIpc) is 2.45. The highest BCUT2D eigenvalue weighted by atomic mass is 16.6. The van der Waals surface area contributed by atoms with Gasteiger partial charge in [0.05, 0.1) is 9.85 Å². The zero-order chi connectivity index (χ0) is 14.5. The van der Waals surface area contributed by atoms with Gasteiger partial charge in [0.1, 0.15) is 5.69 Å². The lowest BCUT2D eigenvalue weighted by atomic mass is 10.2. The number of rotatable bonds is 5. The standard InChI is InChI=1S/C13H11N3O4/c17-15(18)11-5-3-4-10(8-11)9-14-12-6-1-2-7-13(12)16(19)20/h1-8,14H,9H2. The topological polar surface area (TPSA) is 98.3 Å². The summed E-state index contributed by atoms with van der Waals surface area (Å²) in [6, 6.07) is 12.4. The van der Waals surface area contributed by atoms with Gasteiger partial charge in [-0.25, -0.2) is 0 Å². The number of benzene rings is 2. The summed E-state index contributed by atoms with van der Waals surface area (Å²) in [5, 5.41) is 24.4. The Hall–Kier alpha value is -2.96. The van der Waals surface area contributed by atoms with E-state index in [2.05, 4.69) is 5.32 Å². The van der Waals surface area contributed by atoms with Gasteiger partial charge in [-0.2, -0.15) is 0 Å². The van der Waals surface area contributed by atoms with E-state index in [4.69, 9.17) is 0 Å². The van der Waals surface area contributed by atoms with Crippen molar-refractivity contribution in [3.05, 3.63) is 74.3 Å². The maximum Gasteiger partial charge on any atom is 0.292 e. The Morgan fingerprint density at radius 1 is 0.950 bits per heavy atom. The number of hydrogen-bond donors (Lipinski definition) is 1. The molecule has 0 saturated heterocycles. The second-order valence-corrected chi connectivity index (χ2v) is 4.05. The molecule has 0 aliphatic heterocycles. The van der Waals surface area contributed by atoms with Gasteiger partial charge in [-0.3, -0.25) is 20.2 Å². The second-order valence-electron chi connectivity index (χ2n) is 4.05. The van der Waals surface area contributed by atoms with Gasteiger partial charge < -0.3 is 5.32 Å². The molecular formula is C13H11N3O4. The number of anilines is 1. The summed E-state index contributed by atoms with van der Waals surface area (Å²) >= 11 is 0. The SMILES string of the molecule is O=[N+]([O-])c1cccc(CNc2ccccc2[N+](=O)[O-])c1. The van der Waals surface area contributed by atoms with Crippen molar-refractivity contribution in [2.75, 3.05) is 5.32 Å². The Morgan fingerprint density at radius 2 is 1.70 bits per heavy atom. The third-order valence-corrected chi connectivity index (χ3v) is 2.71. The highest BCUT2D eigenvalue weighted by Gasteiger charge is 2.12. The quantitative estimate of drug-likeness (QED) is 0.666. The monoisotopic (exact) mass is 273 g/mol. The highest BCUT2D eigenvalue weighted by Crippen LogP contribution is 2.24. The van der Waals surface area contributed by atoms with Gasteiger partial charge in [-0.1, -0.05) is 24.3 Å².